The van der Waals surface area contributed by atoms with Crippen LogP contribution in [0.1, 0.15) is 151 Å². The smallest absolute Gasteiger partial charge is 0.255 e. The molecule has 0 saturated carbocycles. The number of carbonyl (C=O) groups is 2. The first kappa shape index (κ1) is 33.6. The second-order valence-electron chi connectivity index (χ2n) is 11.5. The van der Waals surface area contributed by atoms with Gasteiger partial charge in [-0.05, 0) is 49.2 Å². The van der Waals surface area contributed by atoms with Crippen molar-refractivity contribution in [1.82, 2.24) is 0 Å². The number of unbranched alkanes of at least 4 members (excludes halogenated alkanes) is 18. The van der Waals surface area contributed by atoms with Gasteiger partial charge in [0.1, 0.15) is 0 Å². The highest BCUT2D eigenvalue weighted by molar-refractivity contribution is 6.04. The molecule has 0 spiro atoms. The van der Waals surface area contributed by atoms with E-state index < -0.39 is 0 Å². The molecule has 0 saturated heterocycles. The molecule has 0 aliphatic carbocycles. The predicted octanol–water partition coefficient (Wildman–Crippen LogP) is 11.0. The first-order valence-corrected chi connectivity index (χ1v) is 16.4. The molecule has 0 aliphatic heterocycles. The fourth-order valence-electron chi connectivity index (χ4n) is 5.25. The molecule has 2 amide bonds. The first-order valence-electron chi connectivity index (χ1n) is 16.4. The maximum Gasteiger partial charge on any atom is 0.255 e. The van der Waals surface area contributed by atoms with Crippen LogP contribution in [-0.4, -0.2) is 11.8 Å². The third-order valence-electron chi connectivity index (χ3n) is 7.80. The van der Waals surface area contributed by atoms with Crippen LogP contribution in [0.2, 0.25) is 0 Å². The lowest BCUT2D eigenvalue weighted by atomic mass is 10.0. The van der Waals surface area contributed by atoms with Crippen molar-refractivity contribution in [2.45, 2.75) is 142 Å². The number of rotatable bonds is 23. The van der Waals surface area contributed by atoms with Crippen LogP contribution in [0, 0.1) is 6.92 Å². The molecule has 2 aromatic rings. The lowest BCUT2D eigenvalue weighted by Crippen LogP contribution is -2.14. The van der Waals surface area contributed by atoms with Crippen LogP contribution in [0.4, 0.5) is 11.4 Å². The van der Waals surface area contributed by atoms with Crippen molar-refractivity contribution in [1.29, 1.82) is 0 Å². The molecule has 40 heavy (non-hydrogen) atoms. The van der Waals surface area contributed by atoms with E-state index in [2.05, 4.69) is 17.6 Å². The Kier molecular flexibility index (Phi) is 18.6. The fraction of sp³-hybridized carbons (Fsp3) is 0.611. The summed E-state index contributed by atoms with van der Waals surface area (Å²) < 4.78 is 0. The van der Waals surface area contributed by atoms with E-state index in [0.29, 0.717) is 12.0 Å². The molecule has 2 N–H and O–H groups in total. The zero-order chi connectivity index (χ0) is 28.7. The molecule has 0 fully saturated rings. The van der Waals surface area contributed by atoms with E-state index in [-0.39, 0.29) is 11.8 Å². The molecule has 0 aliphatic rings. The summed E-state index contributed by atoms with van der Waals surface area (Å²) in [4.78, 5) is 24.8. The molecule has 4 heteroatoms. The molecule has 4 nitrogen and oxygen atoms in total. The molecule has 0 aromatic heterocycles. The van der Waals surface area contributed by atoms with Gasteiger partial charge in [0.2, 0.25) is 5.91 Å². The lowest BCUT2D eigenvalue weighted by molar-refractivity contribution is -0.116. The van der Waals surface area contributed by atoms with E-state index in [9.17, 15) is 9.59 Å². The van der Waals surface area contributed by atoms with Crippen molar-refractivity contribution in [3.63, 3.8) is 0 Å². The summed E-state index contributed by atoms with van der Waals surface area (Å²) in [6.07, 6.45) is 26.3. The quantitative estimate of drug-likeness (QED) is 0.136. The van der Waals surface area contributed by atoms with Gasteiger partial charge in [-0.3, -0.25) is 9.59 Å². The molecule has 2 aromatic carbocycles. The second-order valence-corrected chi connectivity index (χ2v) is 11.5. The van der Waals surface area contributed by atoms with E-state index in [1.165, 1.54) is 109 Å². The van der Waals surface area contributed by atoms with Gasteiger partial charge in [-0.2, -0.15) is 0 Å². The van der Waals surface area contributed by atoms with Gasteiger partial charge in [0.05, 0.1) is 0 Å². The topological polar surface area (TPSA) is 58.2 Å². The summed E-state index contributed by atoms with van der Waals surface area (Å²) in [5.41, 5.74) is 3.08. The van der Waals surface area contributed by atoms with Crippen molar-refractivity contribution in [3.8, 4) is 0 Å². The Morgan fingerprint density at radius 3 is 1.52 bits per heavy atom. The Labute approximate surface area is 245 Å². The van der Waals surface area contributed by atoms with Gasteiger partial charge in [0, 0.05) is 23.4 Å². The average Bonchev–Trinajstić information content (AvgIpc) is 2.96. The summed E-state index contributed by atoms with van der Waals surface area (Å²) >= 11 is 0. The van der Waals surface area contributed by atoms with Crippen LogP contribution in [0.3, 0.4) is 0 Å². The number of nitrogens with one attached hydrogen (secondary N) is 2. The molecule has 222 valence electrons. The van der Waals surface area contributed by atoms with Gasteiger partial charge in [-0.1, -0.05) is 141 Å². The summed E-state index contributed by atoms with van der Waals surface area (Å²) in [5, 5.41) is 5.95. The number of amides is 2. The highest BCUT2D eigenvalue weighted by Crippen LogP contribution is 2.21. The van der Waals surface area contributed by atoms with E-state index in [1.807, 2.05) is 43.3 Å². The van der Waals surface area contributed by atoms with Crippen molar-refractivity contribution in [2.75, 3.05) is 10.6 Å². The van der Waals surface area contributed by atoms with Gasteiger partial charge in [0.25, 0.3) is 5.91 Å². The van der Waals surface area contributed by atoms with Gasteiger partial charge >= 0.3 is 0 Å². The molecular weight excluding hydrogens is 492 g/mol. The third-order valence-corrected chi connectivity index (χ3v) is 7.80. The number of anilines is 2. The molecule has 0 radical (unpaired) electrons. The van der Waals surface area contributed by atoms with Crippen LogP contribution < -0.4 is 10.6 Å². The zero-order valence-electron chi connectivity index (χ0n) is 25.6. The number of carbonyl (C=O) groups excluding carboxylic acids is 2. The highest BCUT2D eigenvalue weighted by atomic mass is 16.2. The molecule has 0 heterocycles. The summed E-state index contributed by atoms with van der Waals surface area (Å²) in [7, 11) is 0. The van der Waals surface area contributed by atoms with Gasteiger partial charge in [-0.25, -0.2) is 0 Å². The SMILES string of the molecule is CCCCCCCCCCCCCCCCCCCCCC(=O)Nc1ccc(NC(=O)c2ccccc2)c(C)c1. The number of aryl methyl sites for hydroxylation is 1. The van der Waals surface area contributed by atoms with E-state index in [4.69, 9.17) is 0 Å². The maximum absolute atomic E-state index is 12.4. The van der Waals surface area contributed by atoms with Crippen LogP contribution in [0.25, 0.3) is 0 Å². The van der Waals surface area contributed by atoms with Crippen molar-refractivity contribution in [3.05, 3.63) is 59.7 Å². The molecule has 0 unspecified atom stereocenters. The summed E-state index contributed by atoms with van der Waals surface area (Å²) in [5.74, 6) is -0.0720. The van der Waals surface area contributed by atoms with Crippen molar-refractivity contribution >= 4 is 23.2 Å². The minimum Gasteiger partial charge on any atom is -0.326 e. The van der Waals surface area contributed by atoms with Gasteiger partial charge in [0.15, 0.2) is 0 Å². The normalized spacial score (nSPS) is 10.9. The minimum atomic E-state index is -0.134. The van der Waals surface area contributed by atoms with Crippen LogP contribution in [0.15, 0.2) is 48.5 Å². The molecular formula is C36H56N2O2. The Morgan fingerprint density at radius 2 is 1.05 bits per heavy atom. The average molecular weight is 549 g/mol. The lowest BCUT2D eigenvalue weighted by Gasteiger charge is -2.11. The number of benzene rings is 2. The van der Waals surface area contributed by atoms with Crippen LogP contribution in [0.5, 0.6) is 0 Å². The van der Waals surface area contributed by atoms with E-state index in [1.54, 1.807) is 12.1 Å². The third kappa shape index (κ3) is 15.8. The predicted molar refractivity (Wildman–Crippen MR) is 172 cm³/mol. The fourth-order valence-corrected chi connectivity index (χ4v) is 5.25. The Hall–Kier alpha value is -2.62. The highest BCUT2D eigenvalue weighted by Gasteiger charge is 2.09. The van der Waals surface area contributed by atoms with E-state index >= 15 is 0 Å². The Balaban J connectivity index is 1.41. The van der Waals surface area contributed by atoms with Gasteiger partial charge < -0.3 is 10.6 Å². The minimum absolute atomic E-state index is 0.0624. The largest absolute Gasteiger partial charge is 0.326 e. The first-order chi connectivity index (χ1) is 19.6. The van der Waals surface area contributed by atoms with Gasteiger partial charge in [-0.15, -0.1) is 0 Å². The monoisotopic (exact) mass is 548 g/mol. The summed E-state index contributed by atoms with van der Waals surface area (Å²) in [6, 6.07) is 14.8. The van der Waals surface area contributed by atoms with Crippen LogP contribution >= 0.6 is 0 Å². The van der Waals surface area contributed by atoms with E-state index in [0.717, 1.165) is 29.8 Å². The Morgan fingerprint density at radius 1 is 0.575 bits per heavy atom. The number of hydrogen-bond acceptors (Lipinski definition) is 2. The van der Waals surface area contributed by atoms with Crippen LogP contribution in [-0.2, 0) is 4.79 Å². The second kappa shape index (κ2) is 22.1. The molecule has 0 bridgehead atoms. The standard InChI is InChI=1S/C36H56N2O2/c1-3-4-5-6-7-8-9-10-11-12-13-14-15-16-17-18-19-20-24-27-35(39)37-33-28-29-34(31(2)30-33)38-36(40)32-25-22-21-23-26-32/h21-23,25-26,28-30H,3-20,24,27H2,1-2H3,(H,37,39)(H,38,40). The Bertz CT molecular complexity index is 941. The molecule has 0 atom stereocenters. The van der Waals surface area contributed by atoms with Crippen molar-refractivity contribution in [2.24, 2.45) is 0 Å². The number of hydrogen-bond donors (Lipinski definition) is 2. The van der Waals surface area contributed by atoms with Crippen molar-refractivity contribution < 1.29 is 9.59 Å². The maximum atomic E-state index is 12.4. The molecule has 2 rings (SSSR count). The zero-order valence-corrected chi connectivity index (χ0v) is 25.6. The summed E-state index contributed by atoms with van der Waals surface area (Å²) in [6.45, 7) is 4.22.